The van der Waals surface area contributed by atoms with Crippen LogP contribution >= 0.6 is 0 Å². The number of rotatable bonds is 5. The number of imide groups is 1. The van der Waals surface area contributed by atoms with Crippen LogP contribution < -0.4 is 15.0 Å². The van der Waals surface area contributed by atoms with Crippen molar-refractivity contribution in [2.45, 2.75) is 6.92 Å². The molecule has 0 atom stereocenters. The molecule has 0 spiro atoms. The van der Waals surface area contributed by atoms with Crippen LogP contribution in [0.15, 0.2) is 72.4 Å². The summed E-state index contributed by atoms with van der Waals surface area (Å²) in [5, 5.41) is 3.00. The second-order valence-electron chi connectivity index (χ2n) is 7.02. The summed E-state index contributed by atoms with van der Waals surface area (Å²) in [6.07, 6.45) is 0. The third-order valence-electron chi connectivity index (χ3n) is 4.92. The van der Waals surface area contributed by atoms with Crippen LogP contribution in [0, 0.1) is 18.6 Å². The number of anilines is 2. The lowest BCUT2D eigenvalue weighted by atomic mass is 10.0. The lowest BCUT2D eigenvalue weighted by Crippen LogP contribution is -2.32. The maximum Gasteiger partial charge on any atom is 0.282 e. The summed E-state index contributed by atoms with van der Waals surface area (Å²) in [7, 11) is 1.52. The first-order valence-electron chi connectivity index (χ1n) is 9.45. The third kappa shape index (κ3) is 3.77. The summed E-state index contributed by atoms with van der Waals surface area (Å²) < 4.78 is 32.4. The Labute approximate surface area is 177 Å². The van der Waals surface area contributed by atoms with Crippen molar-refractivity contribution >= 4 is 28.8 Å². The van der Waals surface area contributed by atoms with Gasteiger partial charge in [0.2, 0.25) is 0 Å². The largest absolute Gasteiger partial charge is 0.497 e. The van der Waals surface area contributed by atoms with E-state index in [0.29, 0.717) is 17.0 Å². The van der Waals surface area contributed by atoms with Gasteiger partial charge in [-0.3, -0.25) is 9.59 Å². The maximum atomic E-state index is 13.8. The van der Waals surface area contributed by atoms with Gasteiger partial charge in [-0.05, 0) is 36.8 Å². The quantitative estimate of drug-likeness (QED) is 0.609. The van der Waals surface area contributed by atoms with Crippen molar-refractivity contribution in [3.8, 4) is 5.75 Å². The van der Waals surface area contributed by atoms with Gasteiger partial charge in [-0.25, -0.2) is 13.7 Å². The fraction of sp³-hybridized carbons (Fsp3) is 0.0833. The van der Waals surface area contributed by atoms with Crippen molar-refractivity contribution in [1.29, 1.82) is 0 Å². The molecular weight excluding hydrogens is 402 g/mol. The Hall–Kier alpha value is -4.00. The number of hydrogen-bond acceptors (Lipinski definition) is 4. The third-order valence-corrected chi connectivity index (χ3v) is 4.92. The van der Waals surface area contributed by atoms with Crippen molar-refractivity contribution in [1.82, 2.24) is 0 Å². The van der Waals surface area contributed by atoms with E-state index in [0.717, 1.165) is 22.6 Å². The Morgan fingerprint density at radius 1 is 0.871 bits per heavy atom. The van der Waals surface area contributed by atoms with Crippen LogP contribution in [0.4, 0.5) is 20.2 Å². The summed E-state index contributed by atoms with van der Waals surface area (Å²) in [5.74, 6) is -2.95. The maximum absolute atomic E-state index is 13.8. The van der Waals surface area contributed by atoms with Gasteiger partial charge >= 0.3 is 0 Å². The molecule has 31 heavy (non-hydrogen) atoms. The predicted octanol–water partition coefficient (Wildman–Crippen LogP) is 4.68. The summed E-state index contributed by atoms with van der Waals surface area (Å²) in [5.41, 5.74) is 2.16. The highest BCUT2D eigenvalue weighted by Crippen LogP contribution is 2.34. The molecule has 1 aliphatic heterocycles. The zero-order chi connectivity index (χ0) is 22.1. The SMILES string of the molecule is COc1cccc(NC2=C(c3ccc(C)cc3)C(=O)N(c3ccc(F)c(F)c3)C2=O)c1. The second-order valence-corrected chi connectivity index (χ2v) is 7.02. The van der Waals surface area contributed by atoms with Gasteiger partial charge in [0.15, 0.2) is 11.6 Å². The van der Waals surface area contributed by atoms with E-state index >= 15 is 0 Å². The lowest BCUT2D eigenvalue weighted by molar-refractivity contribution is -0.120. The van der Waals surface area contributed by atoms with Gasteiger partial charge in [-0.2, -0.15) is 0 Å². The molecule has 1 N–H and O–H groups in total. The molecule has 0 unspecified atom stereocenters. The van der Waals surface area contributed by atoms with E-state index in [1.165, 1.54) is 13.2 Å². The Morgan fingerprint density at radius 2 is 1.61 bits per heavy atom. The number of nitrogens with one attached hydrogen (secondary N) is 1. The van der Waals surface area contributed by atoms with Crippen LogP contribution in [0.1, 0.15) is 11.1 Å². The highest BCUT2D eigenvalue weighted by molar-refractivity contribution is 6.46. The van der Waals surface area contributed by atoms with Crippen LogP contribution in [0.2, 0.25) is 0 Å². The molecule has 0 saturated carbocycles. The Bertz CT molecular complexity index is 1220. The average Bonchev–Trinajstić information content (AvgIpc) is 3.00. The number of nitrogens with zero attached hydrogens (tertiary/aromatic N) is 1. The van der Waals surface area contributed by atoms with Crippen LogP contribution in [0.25, 0.3) is 5.57 Å². The number of halogens is 2. The molecule has 2 amide bonds. The minimum absolute atomic E-state index is 0.0341. The number of carbonyl (C=O) groups excluding carboxylic acids is 2. The number of ether oxygens (including phenoxy) is 1. The minimum Gasteiger partial charge on any atom is -0.497 e. The summed E-state index contributed by atoms with van der Waals surface area (Å²) in [6.45, 7) is 1.91. The minimum atomic E-state index is -1.15. The molecule has 5 nitrogen and oxygen atoms in total. The molecule has 3 aromatic rings. The van der Waals surface area contributed by atoms with E-state index in [9.17, 15) is 18.4 Å². The van der Waals surface area contributed by atoms with Crippen molar-refractivity contribution in [3.05, 3.63) is 95.2 Å². The lowest BCUT2D eigenvalue weighted by Gasteiger charge is -2.15. The van der Waals surface area contributed by atoms with E-state index in [4.69, 9.17) is 4.74 Å². The number of carbonyl (C=O) groups is 2. The molecule has 3 aromatic carbocycles. The van der Waals surface area contributed by atoms with Crippen molar-refractivity contribution in [2.75, 3.05) is 17.3 Å². The number of amides is 2. The average molecular weight is 420 g/mol. The second kappa shape index (κ2) is 8.02. The molecule has 0 aromatic heterocycles. The van der Waals surface area contributed by atoms with Gasteiger partial charge in [0.25, 0.3) is 11.8 Å². The van der Waals surface area contributed by atoms with Crippen LogP contribution in [-0.4, -0.2) is 18.9 Å². The normalized spacial score (nSPS) is 13.7. The first-order chi connectivity index (χ1) is 14.9. The van der Waals surface area contributed by atoms with Crippen molar-refractivity contribution in [3.63, 3.8) is 0 Å². The van der Waals surface area contributed by atoms with Gasteiger partial charge in [-0.1, -0.05) is 35.9 Å². The van der Waals surface area contributed by atoms with Crippen molar-refractivity contribution < 1.29 is 23.1 Å². The molecular formula is C24H18F2N2O3. The zero-order valence-corrected chi connectivity index (χ0v) is 16.8. The Kier molecular flexibility index (Phi) is 5.25. The van der Waals surface area contributed by atoms with Crippen molar-refractivity contribution in [2.24, 2.45) is 0 Å². The molecule has 1 heterocycles. The zero-order valence-electron chi connectivity index (χ0n) is 16.8. The van der Waals surface area contributed by atoms with Crippen LogP contribution in [-0.2, 0) is 9.59 Å². The molecule has 156 valence electrons. The fourth-order valence-corrected chi connectivity index (χ4v) is 3.34. The standard InChI is InChI=1S/C24H18F2N2O3/c1-14-6-8-15(9-7-14)21-22(27-16-4-3-5-18(12-16)31-2)24(30)28(23(21)29)17-10-11-19(25)20(26)13-17/h3-13,27H,1-2H3. The Morgan fingerprint density at radius 3 is 2.29 bits per heavy atom. The molecule has 7 heteroatoms. The molecule has 0 fully saturated rings. The van der Waals surface area contributed by atoms with E-state index < -0.39 is 23.4 Å². The molecule has 4 rings (SSSR count). The summed E-state index contributed by atoms with van der Waals surface area (Å²) >= 11 is 0. The van der Waals surface area contributed by atoms with E-state index in [1.807, 2.05) is 19.1 Å². The highest BCUT2D eigenvalue weighted by Gasteiger charge is 2.40. The first kappa shape index (κ1) is 20.3. The molecule has 0 aliphatic carbocycles. The van der Waals surface area contributed by atoms with Crippen LogP contribution in [0.3, 0.4) is 0 Å². The first-order valence-corrected chi connectivity index (χ1v) is 9.45. The number of methoxy groups -OCH3 is 1. The molecule has 0 radical (unpaired) electrons. The number of hydrogen-bond donors (Lipinski definition) is 1. The Balaban J connectivity index is 1.82. The summed E-state index contributed by atoms with van der Waals surface area (Å²) in [6, 6.07) is 16.9. The topological polar surface area (TPSA) is 58.6 Å². The monoisotopic (exact) mass is 420 g/mol. The number of benzene rings is 3. The molecule has 0 saturated heterocycles. The molecule has 0 bridgehead atoms. The smallest absolute Gasteiger partial charge is 0.282 e. The molecule has 1 aliphatic rings. The van der Waals surface area contributed by atoms with Gasteiger partial charge < -0.3 is 10.1 Å². The van der Waals surface area contributed by atoms with E-state index in [2.05, 4.69) is 5.32 Å². The highest BCUT2D eigenvalue weighted by atomic mass is 19.2. The predicted molar refractivity (Wildman–Crippen MR) is 114 cm³/mol. The van der Waals surface area contributed by atoms with Gasteiger partial charge in [0, 0.05) is 17.8 Å². The van der Waals surface area contributed by atoms with Gasteiger partial charge in [0.1, 0.15) is 11.4 Å². The van der Waals surface area contributed by atoms with Gasteiger partial charge in [0.05, 0.1) is 18.4 Å². The van der Waals surface area contributed by atoms with E-state index in [-0.39, 0.29) is 17.0 Å². The van der Waals surface area contributed by atoms with E-state index in [1.54, 1.807) is 36.4 Å². The fourth-order valence-electron chi connectivity index (χ4n) is 3.34. The van der Waals surface area contributed by atoms with Gasteiger partial charge in [-0.15, -0.1) is 0 Å². The number of aryl methyl sites for hydroxylation is 1. The summed E-state index contributed by atoms with van der Waals surface area (Å²) in [4.78, 5) is 27.4. The van der Waals surface area contributed by atoms with Crippen LogP contribution in [0.5, 0.6) is 5.75 Å².